The van der Waals surface area contributed by atoms with E-state index in [9.17, 15) is 19.2 Å². The Kier molecular flexibility index (Phi) is 13.3. The molecule has 0 bridgehead atoms. The van der Waals surface area contributed by atoms with Gasteiger partial charge in [-0.1, -0.05) is 44.9 Å². The van der Waals surface area contributed by atoms with Gasteiger partial charge in [0.2, 0.25) is 17.7 Å². The summed E-state index contributed by atoms with van der Waals surface area (Å²) in [6.45, 7) is 7.09. The molecule has 3 aliphatic rings. The van der Waals surface area contributed by atoms with E-state index >= 15 is 0 Å². The van der Waals surface area contributed by atoms with Crippen molar-refractivity contribution >= 4 is 23.5 Å². The van der Waals surface area contributed by atoms with Crippen molar-refractivity contribution in [2.75, 3.05) is 26.3 Å². The van der Waals surface area contributed by atoms with Gasteiger partial charge in [0.15, 0.2) is 5.78 Å². The summed E-state index contributed by atoms with van der Waals surface area (Å²) in [4.78, 5) is 56.0. The van der Waals surface area contributed by atoms with Gasteiger partial charge in [0, 0.05) is 26.3 Å². The highest BCUT2D eigenvalue weighted by Crippen LogP contribution is 2.26. The van der Waals surface area contributed by atoms with Crippen LogP contribution in [0.25, 0.3) is 0 Å². The maximum Gasteiger partial charge on any atom is 0.246 e. The number of fused-ring (bicyclic) bond motifs is 2. The number of hydrogen-bond acceptors (Lipinski definition) is 7. The van der Waals surface area contributed by atoms with Crippen LogP contribution in [-0.2, 0) is 28.7 Å². The first-order chi connectivity index (χ1) is 19.2. The molecule has 0 aromatic carbocycles. The Hall–Kier alpha value is -2.04. The van der Waals surface area contributed by atoms with Gasteiger partial charge in [-0.05, 0) is 59.3 Å². The maximum atomic E-state index is 13.7. The second kappa shape index (κ2) is 16.4. The summed E-state index contributed by atoms with van der Waals surface area (Å²) >= 11 is 0. The Morgan fingerprint density at radius 2 is 1.20 bits per heavy atom. The number of amides is 3. The number of rotatable bonds is 1. The molecule has 3 amide bonds. The van der Waals surface area contributed by atoms with E-state index in [1.165, 1.54) is 26.2 Å². The number of nitrogens with one attached hydrogen (secondary N) is 1. The van der Waals surface area contributed by atoms with Crippen LogP contribution in [0.15, 0.2) is 0 Å². The summed E-state index contributed by atoms with van der Waals surface area (Å²) in [5.41, 5.74) is 6.32. The van der Waals surface area contributed by atoms with Crippen LogP contribution in [0.1, 0.15) is 104 Å². The third-order valence-electron chi connectivity index (χ3n) is 8.71. The molecule has 3 heterocycles. The second-order valence-corrected chi connectivity index (χ2v) is 11.8. The fourth-order valence-electron chi connectivity index (χ4n) is 6.15. The van der Waals surface area contributed by atoms with Crippen molar-refractivity contribution in [2.45, 2.75) is 141 Å². The summed E-state index contributed by atoms with van der Waals surface area (Å²) < 4.78 is 11.9. The zero-order valence-electron chi connectivity index (χ0n) is 24.9. The Bertz CT molecular complexity index is 854. The first-order valence-electron chi connectivity index (χ1n) is 15.6. The van der Waals surface area contributed by atoms with E-state index in [4.69, 9.17) is 15.2 Å². The first-order valence-corrected chi connectivity index (χ1v) is 15.6. The topological polar surface area (TPSA) is 131 Å². The molecule has 3 aliphatic heterocycles. The van der Waals surface area contributed by atoms with Crippen LogP contribution in [-0.4, -0.2) is 96.0 Å². The standard InChI is InChI=1S/C30H52N4O6/c1-21(35)27-23(3)40-20-12-10-8-6-4-5-7-9-11-19-39-22(2)26(31)30(38)34-18-14-16-25(34)29(37)33-17-13-15-24(33)28(36)32-27/h22-27H,4-20,31H2,1-3H3,(H,32,36)/t22-,23+,24+,25+,26+,27+/m1/s1. The molecule has 10 heteroatoms. The lowest BCUT2D eigenvalue weighted by atomic mass is 10.1. The Labute approximate surface area is 240 Å². The van der Waals surface area contributed by atoms with E-state index in [0.29, 0.717) is 52.0 Å². The average Bonchev–Trinajstić information content (AvgIpc) is 3.62. The highest BCUT2D eigenvalue weighted by atomic mass is 16.5. The second-order valence-electron chi connectivity index (χ2n) is 11.8. The molecule has 6 atom stereocenters. The lowest BCUT2D eigenvalue weighted by molar-refractivity contribution is -0.148. The van der Waals surface area contributed by atoms with Gasteiger partial charge in [0.05, 0.1) is 12.2 Å². The summed E-state index contributed by atoms with van der Waals surface area (Å²) in [6, 6.07) is -2.94. The predicted octanol–water partition coefficient (Wildman–Crippen LogP) is 2.70. The fourth-order valence-corrected chi connectivity index (χ4v) is 6.15. The van der Waals surface area contributed by atoms with Crippen LogP contribution in [0, 0.1) is 0 Å². The minimum absolute atomic E-state index is 0.174. The van der Waals surface area contributed by atoms with Gasteiger partial charge in [0.25, 0.3) is 0 Å². The highest BCUT2D eigenvalue weighted by Gasteiger charge is 2.44. The molecule has 40 heavy (non-hydrogen) atoms. The summed E-state index contributed by atoms with van der Waals surface area (Å²) in [6.07, 6.45) is 11.5. The molecule has 0 spiro atoms. The van der Waals surface area contributed by atoms with E-state index < -0.39 is 36.4 Å². The lowest BCUT2D eigenvalue weighted by Gasteiger charge is -2.33. The molecule has 0 aliphatic carbocycles. The van der Waals surface area contributed by atoms with E-state index in [-0.39, 0.29) is 23.5 Å². The number of ether oxygens (including phenoxy) is 2. The maximum absolute atomic E-state index is 13.7. The first kappa shape index (κ1) is 32.5. The smallest absolute Gasteiger partial charge is 0.246 e. The monoisotopic (exact) mass is 564 g/mol. The molecule has 0 aromatic heterocycles. The molecule has 0 aromatic rings. The molecule has 3 N–H and O–H groups in total. The highest BCUT2D eigenvalue weighted by molar-refractivity contribution is 5.95. The van der Waals surface area contributed by atoms with Crippen molar-refractivity contribution in [3.63, 3.8) is 0 Å². The molecular formula is C30H52N4O6. The summed E-state index contributed by atoms with van der Waals surface area (Å²) in [7, 11) is 0. The van der Waals surface area contributed by atoms with Crippen molar-refractivity contribution < 1.29 is 28.7 Å². The quantitative estimate of drug-likeness (QED) is 0.501. The van der Waals surface area contributed by atoms with Crippen LogP contribution >= 0.6 is 0 Å². The van der Waals surface area contributed by atoms with E-state index in [0.717, 1.165) is 38.5 Å². The number of carbonyl (C=O) groups excluding carboxylic acids is 4. The fraction of sp³-hybridized carbons (Fsp3) is 0.867. The number of nitrogens with two attached hydrogens (primary N) is 1. The molecule has 0 saturated carbocycles. The zero-order valence-corrected chi connectivity index (χ0v) is 24.9. The molecule has 10 nitrogen and oxygen atoms in total. The van der Waals surface area contributed by atoms with E-state index in [2.05, 4.69) is 5.32 Å². The van der Waals surface area contributed by atoms with Gasteiger partial charge in [-0.2, -0.15) is 0 Å². The van der Waals surface area contributed by atoms with E-state index in [1.807, 2.05) is 13.8 Å². The minimum atomic E-state index is -0.849. The molecular weight excluding hydrogens is 512 g/mol. The molecule has 3 fully saturated rings. The number of Topliss-reactive ketones (excluding diaryl/α,β-unsaturated/α-hetero) is 1. The molecule has 0 radical (unpaired) electrons. The van der Waals surface area contributed by atoms with Crippen molar-refractivity contribution in [1.29, 1.82) is 0 Å². The Morgan fingerprint density at radius 1 is 0.725 bits per heavy atom. The van der Waals surface area contributed by atoms with Crippen molar-refractivity contribution in [1.82, 2.24) is 15.1 Å². The number of nitrogens with zero attached hydrogens (tertiary/aromatic N) is 2. The number of ketones is 1. The summed E-state index contributed by atoms with van der Waals surface area (Å²) in [5, 5.41) is 2.87. The van der Waals surface area contributed by atoms with Crippen molar-refractivity contribution in [3.8, 4) is 0 Å². The SMILES string of the molecule is CC(=O)[C@@H]1NC(=O)[C@@H]2CCCN2C(=O)[C@@H]2CCCN2C(=O)[C@@H](N)[C@@H](C)OCCCCCCCCCCCO[C@H]1C. The van der Waals surface area contributed by atoms with Crippen LogP contribution in [0.5, 0.6) is 0 Å². The van der Waals surface area contributed by atoms with Gasteiger partial charge in [0.1, 0.15) is 24.2 Å². The van der Waals surface area contributed by atoms with Crippen LogP contribution in [0.4, 0.5) is 0 Å². The molecule has 3 saturated heterocycles. The van der Waals surface area contributed by atoms with Gasteiger partial charge < -0.3 is 30.3 Å². The van der Waals surface area contributed by atoms with Gasteiger partial charge >= 0.3 is 0 Å². The molecule has 228 valence electrons. The Balaban J connectivity index is 1.71. The third-order valence-corrected chi connectivity index (χ3v) is 8.71. The van der Waals surface area contributed by atoms with Crippen LogP contribution < -0.4 is 11.1 Å². The lowest BCUT2D eigenvalue weighted by Crippen LogP contribution is -2.58. The van der Waals surface area contributed by atoms with Crippen LogP contribution in [0.2, 0.25) is 0 Å². The van der Waals surface area contributed by atoms with Crippen molar-refractivity contribution in [3.05, 3.63) is 0 Å². The van der Waals surface area contributed by atoms with Gasteiger partial charge in [-0.25, -0.2) is 0 Å². The van der Waals surface area contributed by atoms with Crippen molar-refractivity contribution in [2.24, 2.45) is 5.73 Å². The average molecular weight is 565 g/mol. The molecule has 0 unspecified atom stereocenters. The Morgan fingerprint density at radius 3 is 1.75 bits per heavy atom. The minimum Gasteiger partial charge on any atom is -0.376 e. The van der Waals surface area contributed by atoms with Crippen LogP contribution in [0.3, 0.4) is 0 Å². The van der Waals surface area contributed by atoms with Gasteiger partial charge in [-0.15, -0.1) is 0 Å². The summed E-state index contributed by atoms with van der Waals surface area (Å²) in [5.74, 6) is -1.02. The van der Waals surface area contributed by atoms with Gasteiger partial charge in [-0.3, -0.25) is 19.2 Å². The predicted molar refractivity (Wildman–Crippen MR) is 152 cm³/mol. The largest absolute Gasteiger partial charge is 0.376 e. The van der Waals surface area contributed by atoms with E-state index in [1.54, 1.807) is 9.80 Å². The normalized spacial score (nSPS) is 33.5. The third kappa shape index (κ3) is 8.98. The molecule has 3 rings (SSSR count). The number of carbonyl (C=O) groups is 4. The number of hydrogen-bond donors (Lipinski definition) is 2. The zero-order chi connectivity index (χ0) is 29.1.